The predicted molar refractivity (Wildman–Crippen MR) is 201 cm³/mol. The Hall–Kier alpha value is -5.70. The fourth-order valence-electron chi connectivity index (χ4n) is 6.30. The molecule has 6 nitrogen and oxygen atoms in total. The summed E-state index contributed by atoms with van der Waals surface area (Å²) in [5, 5.41) is 0. The fraction of sp³-hybridized carbons (Fsp3) is 0.0698. The zero-order valence-corrected chi connectivity index (χ0v) is 29.4. The number of hydrogen-bond donors (Lipinski definition) is 0. The number of allylic oxidation sites excluding steroid dienone is 2. The van der Waals surface area contributed by atoms with Crippen molar-refractivity contribution in [1.29, 1.82) is 0 Å². The smallest absolute Gasteiger partial charge is 0.339 e. The molecule has 51 heavy (non-hydrogen) atoms. The first kappa shape index (κ1) is 35.1. The largest absolute Gasteiger partial charge is 0.379 e. The normalized spacial score (nSPS) is 11.8. The molecule has 0 unspecified atom stereocenters. The van der Waals surface area contributed by atoms with Crippen molar-refractivity contribution in [1.82, 2.24) is 0 Å². The summed E-state index contributed by atoms with van der Waals surface area (Å²) in [5.41, 5.74) is 3.81. The average molecular weight is 713 g/mol. The number of rotatable bonds is 14. The highest BCUT2D eigenvalue weighted by molar-refractivity contribution is 7.87. The molecule has 0 spiro atoms. The Bertz CT molecular complexity index is 2190. The Balaban J connectivity index is 1.58. The van der Waals surface area contributed by atoms with Gasteiger partial charge >= 0.3 is 20.2 Å². The summed E-state index contributed by atoms with van der Waals surface area (Å²) >= 11 is 0. The highest BCUT2D eigenvalue weighted by Gasteiger charge is 2.39. The Morgan fingerprint density at radius 1 is 0.451 bits per heavy atom. The molecule has 0 saturated carbocycles. The van der Waals surface area contributed by atoms with E-state index in [0.717, 1.165) is 22.3 Å². The quantitative estimate of drug-likeness (QED) is 0.0637. The second kappa shape index (κ2) is 15.0. The van der Waals surface area contributed by atoms with E-state index in [4.69, 9.17) is 8.37 Å². The molecule has 6 rings (SSSR count). The van der Waals surface area contributed by atoms with Crippen molar-refractivity contribution in [2.45, 2.75) is 28.0 Å². The molecule has 8 heteroatoms. The molecule has 0 aliphatic heterocycles. The van der Waals surface area contributed by atoms with Crippen molar-refractivity contribution in [3.8, 4) is 11.5 Å². The Morgan fingerprint density at radius 3 is 1.12 bits per heavy atom. The second-order valence-electron chi connectivity index (χ2n) is 11.8. The minimum absolute atomic E-state index is 0.0490. The summed E-state index contributed by atoms with van der Waals surface area (Å²) in [6.45, 7) is 7.87. The Kier molecular flexibility index (Phi) is 10.4. The summed E-state index contributed by atoms with van der Waals surface area (Å²) in [5.74, 6) is 0.388. The van der Waals surface area contributed by atoms with Crippen LogP contribution in [0.25, 0.3) is 0 Å². The van der Waals surface area contributed by atoms with Gasteiger partial charge in [0.1, 0.15) is 21.3 Å². The third kappa shape index (κ3) is 7.29. The molecular formula is C43H36O6S2. The van der Waals surface area contributed by atoms with Crippen LogP contribution in [0.15, 0.2) is 193 Å². The molecule has 0 heterocycles. The fourth-order valence-corrected chi connectivity index (χ4v) is 8.27. The van der Waals surface area contributed by atoms with Crippen LogP contribution in [0.2, 0.25) is 0 Å². The first-order valence-corrected chi connectivity index (χ1v) is 19.1. The lowest BCUT2D eigenvalue weighted by atomic mass is 9.64. The van der Waals surface area contributed by atoms with E-state index in [2.05, 4.69) is 13.2 Å². The first-order chi connectivity index (χ1) is 24.7. The molecule has 6 aromatic carbocycles. The van der Waals surface area contributed by atoms with Crippen LogP contribution >= 0.6 is 0 Å². The maximum atomic E-state index is 13.3. The standard InChI is InChI=1S/C43H36O6S2/c1-3-17-33-31-37(27-29-41(33)48-50(44,45)39-23-13-7-14-24-39)43(35-19-9-5-10-20-35,36-21-11-6-12-22-36)38-28-30-42(34(32-38)18-4-2)49-51(46,47)40-25-15-8-16-26-40/h3-16,19-32H,1-2,17-18H2. The third-order valence-electron chi connectivity index (χ3n) is 8.59. The van der Waals surface area contributed by atoms with Crippen LogP contribution in [0.4, 0.5) is 0 Å². The molecule has 0 bridgehead atoms. The van der Waals surface area contributed by atoms with Crippen LogP contribution in [-0.2, 0) is 38.5 Å². The van der Waals surface area contributed by atoms with Gasteiger partial charge in [0, 0.05) is 0 Å². The van der Waals surface area contributed by atoms with E-state index in [1.54, 1.807) is 60.7 Å². The van der Waals surface area contributed by atoms with Gasteiger partial charge in [-0.2, -0.15) is 16.8 Å². The van der Waals surface area contributed by atoms with Gasteiger partial charge in [-0.3, -0.25) is 0 Å². The second-order valence-corrected chi connectivity index (χ2v) is 14.9. The van der Waals surface area contributed by atoms with Crippen molar-refractivity contribution in [3.63, 3.8) is 0 Å². The zero-order valence-electron chi connectivity index (χ0n) is 27.8. The summed E-state index contributed by atoms with van der Waals surface area (Å²) < 4.78 is 64.7. The summed E-state index contributed by atoms with van der Waals surface area (Å²) in [4.78, 5) is 0.0979. The van der Waals surface area contributed by atoms with Gasteiger partial charge in [0.15, 0.2) is 0 Å². The van der Waals surface area contributed by atoms with Crippen molar-refractivity contribution < 1.29 is 25.2 Å². The van der Waals surface area contributed by atoms with E-state index in [1.165, 1.54) is 24.3 Å². The van der Waals surface area contributed by atoms with E-state index in [-0.39, 0.29) is 21.3 Å². The Labute approximate surface area is 300 Å². The average Bonchev–Trinajstić information content (AvgIpc) is 3.15. The van der Waals surface area contributed by atoms with Crippen LogP contribution in [0.3, 0.4) is 0 Å². The summed E-state index contributed by atoms with van der Waals surface area (Å²) in [6.07, 6.45) is 4.07. The highest BCUT2D eigenvalue weighted by atomic mass is 32.2. The first-order valence-electron chi connectivity index (χ1n) is 16.3. The van der Waals surface area contributed by atoms with Crippen molar-refractivity contribution in [2.75, 3.05) is 0 Å². The molecule has 0 aliphatic carbocycles. The van der Waals surface area contributed by atoms with Crippen LogP contribution in [0.5, 0.6) is 11.5 Å². The molecule has 0 atom stereocenters. The van der Waals surface area contributed by atoms with Gasteiger partial charge in [-0.15, -0.1) is 13.2 Å². The molecule has 0 aromatic heterocycles. The van der Waals surface area contributed by atoms with Gasteiger partial charge in [0.05, 0.1) is 5.41 Å². The van der Waals surface area contributed by atoms with Crippen LogP contribution in [0, 0.1) is 0 Å². The van der Waals surface area contributed by atoms with E-state index < -0.39 is 25.7 Å². The van der Waals surface area contributed by atoms with Gasteiger partial charge < -0.3 is 8.37 Å². The molecule has 0 radical (unpaired) electrons. The minimum Gasteiger partial charge on any atom is -0.379 e. The molecule has 0 fully saturated rings. The molecule has 0 aliphatic rings. The van der Waals surface area contributed by atoms with Gasteiger partial charge in [-0.05, 0) is 82.6 Å². The van der Waals surface area contributed by atoms with E-state index in [1.807, 2.05) is 84.9 Å². The maximum absolute atomic E-state index is 13.3. The molecule has 0 amide bonds. The maximum Gasteiger partial charge on any atom is 0.339 e. The third-order valence-corrected chi connectivity index (χ3v) is 11.1. The highest BCUT2D eigenvalue weighted by Crippen LogP contribution is 2.47. The SMILES string of the molecule is C=CCc1cc(C(c2ccccc2)(c2ccccc2)c2ccc(OS(=O)(=O)c3ccccc3)c(CC=C)c2)ccc1OS(=O)(=O)c1ccccc1. The molecule has 0 N–H and O–H groups in total. The van der Waals surface area contributed by atoms with Crippen molar-refractivity contribution in [3.05, 3.63) is 216 Å². The van der Waals surface area contributed by atoms with Gasteiger partial charge in [0.25, 0.3) is 0 Å². The minimum atomic E-state index is -4.12. The zero-order chi connectivity index (χ0) is 35.9. The summed E-state index contributed by atoms with van der Waals surface area (Å²) in [6, 6.07) is 47.0. The number of benzene rings is 6. The molecule has 6 aromatic rings. The van der Waals surface area contributed by atoms with Crippen molar-refractivity contribution in [2.24, 2.45) is 0 Å². The lowest BCUT2D eigenvalue weighted by molar-refractivity contribution is 0.482. The van der Waals surface area contributed by atoms with E-state index in [0.29, 0.717) is 24.0 Å². The van der Waals surface area contributed by atoms with E-state index >= 15 is 0 Å². The van der Waals surface area contributed by atoms with Crippen LogP contribution in [-0.4, -0.2) is 16.8 Å². The van der Waals surface area contributed by atoms with Gasteiger partial charge in [0.2, 0.25) is 0 Å². The molecule has 256 valence electrons. The van der Waals surface area contributed by atoms with Gasteiger partial charge in [-0.25, -0.2) is 0 Å². The van der Waals surface area contributed by atoms with Crippen LogP contribution < -0.4 is 8.37 Å². The monoisotopic (exact) mass is 712 g/mol. The van der Waals surface area contributed by atoms with E-state index in [9.17, 15) is 16.8 Å². The van der Waals surface area contributed by atoms with Crippen molar-refractivity contribution >= 4 is 20.2 Å². The van der Waals surface area contributed by atoms with Crippen LogP contribution in [0.1, 0.15) is 33.4 Å². The molecular weight excluding hydrogens is 677 g/mol. The lowest BCUT2D eigenvalue weighted by Crippen LogP contribution is -2.31. The Morgan fingerprint density at radius 2 is 0.784 bits per heavy atom. The summed E-state index contributed by atoms with van der Waals surface area (Å²) in [7, 11) is -8.24. The topological polar surface area (TPSA) is 86.7 Å². The van der Waals surface area contributed by atoms with Gasteiger partial charge in [-0.1, -0.05) is 133 Å². The predicted octanol–water partition coefficient (Wildman–Crippen LogP) is 9.06. The lowest BCUT2D eigenvalue weighted by Gasteiger charge is -2.37. The molecule has 0 saturated heterocycles. The number of hydrogen-bond acceptors (Lipinski definition) is 6.